The van der Waals surface area contributed by atoms with Crippen LogP contribution in [0.3, 0.4) is 0 Å². The van der Waals surface area contributed by atoms with Crippen LogP contribution < -0.4 is 0 Å². The molecule has 4 rings (SSSR count). The smallest absolute Gasteiger partial charge is 0.296 e. The van der Waals surface area contributed by atoms with E-state index < -0.39 is 11.7 Å². The molecule has 0 saturated carbocycles. The van der Waals surface area contributed by atoms with Gasteiger partial charge in [0.25, 0.3) is 17.6 Å². The zero-order chi connectivity index (χ0) is 20.4. The van der Waals surface area contributed by atoms with Gasteiger partial charge in [-0.3, -0.25) is 14.4 Å². The third kappa shape index (κ3) is 3.99. The second-order valence-electron chi connectivity index (χ2n) is 6.83. The maximum absolute atomic E-state index is 12.8. The van der Waals surface area contributed by atoms with Crippen LogP contribution in [0, 0.1) is 0 Å². The lowest BCUT2D eigenvalue weighted by Crippen LogP contribution is -2.56. The van der Waals surface area contributed by atoms with Gasteiger partial charge in [-0.25, -0.2) is 4.98 Å². The number of rotatable bonds is 4. The second kappa shape index (κ2) is 8.26. The monoisotopic (exact) mass is 425 g/mol. The third-order valence-electron chi connectivity index (χ3n) is 4.91. The van der Waals surface area contributed by atoms with E-state index in [1.54, 1.807) is 33.5 Å². The number of thiazole rings is 1. The van der Waals surface area contributed by atoms with Crippen LogP contribution in [-0.4, -0.2) is 58.1 Å². The van der Waals surface area contributed by atoms with Crippen LogP contribution >= 0.6 is 22.7 Å². The zero-order valence-electron chi connectivity index (χ0n) is 15.8. The Labute approximate surface area is 176 Å². The fourth-order valence-corrected chi connectivity index (χ4v) is 4.91. The zero-order valence-corrected chi connectivity index (χ0v) is 17.4. The van der Waals surface area contributed by atoms with Gasteiger partial charge in [-0.15, -0.1) is 22.7 Å². The highest BCUT2D eigenvalue weighted by Gasteiger charge is 2.34. The van der Waals surface area contributed by atoms with Gasteiger partial charge in [-0.1, -0.05) is 18.2 Å². The number of nitrogens with zero attached hydrogens (tertiary/aromatic N) is 3. The van der Waals surface area contributed by atoms with Gasteiger partial charge in [0.1, 0.15) is 0 Å². The van der Waals surface area contributed by atoms with Gasteiger partial charge in [0.2, 0.25) is 0 Å². The third-order valence-corrected chi connectivity index (χ3v) is 6.60. The summed E-state index contributed by atoms with van der Waals surface area (Å²) in [5, 5.41) is 1.91. The number of ketones is 1. The van der Waals surface area contributed by atoms with E-state index in [9.17, 15) is 14.4 Å². The lowest BCUT2D eigenvalue weighted by molar-refractivity contribution is -0.130. The van der Waals surface area contributed by atoms with Crippen LogP contribution in [-0.2, 0) is 4.79 Å². The molecule has 2 aromatic heterocycles. The maximum atomic E-state index is 12.8. The Bertz CT molecular complexity index is 1030. The van der Waals surface area contributed by atoms with Crippen molar-refractivity contribution in [2.45, 2.75) is 13.0 Å². The summed E-state index contributed by atoms with van der Waals surface area (Å²) in [6, 6.07) is 12.4. The standard InChI is InChI=1S/C21H19N3O3S2/c1-14-11-23(20(26)15-5-3-2-4-6-15)9-10-24(14)21(27)19(25)18-8-7-17(29-18)16-12-28-13-22-16/h2-8,12-14H,9-11H2,1H3/t14-/m1/s1. The van der Waals surface area contributed by atoms with Crippen molar-refractivity contribution in [3.8, 4) is 10.6 Å². The molecule has 1 fully saturated rings. The topological polar surface area (TPSA) is 70.6 Å². The molecule has 0 bridgehead atoms. The normalized spacial score (nSPS) is 16.7. The summed E-state index contributed by atoms with van der Waals surface area (Å²) in [6.45, 7) is 3.02. The Balaban J connectivity index is 1.42. The van der Waals surface area contributed by atoms with Crippen LogP contribution in [0.25, 0.3) is 10.6 Å². The molecular weight excluding hydrogens is 406 g/mol. The first-order valence-corrected chi connectivity index (χ1v) is 11.0. The molecule has 0 aliphatic carbocycles. The molecule has 148 valence electrons. The summed E-state index contributed by atoms with van der Waals surface area (Å²) in [4.78, 5) is 47.0. The van der Waals surface area contributed by atoms with E-state index >= 15 is 0 Å². The van der Waals surface area contributed by atoms with Crippen LogP contribution in [0.2, 0.25) is 0 Å². The average molecular weight is 426 g/mol. The van der Waals surface area contributed by atoms with Crippen LogP contribution in [0.5, 0.6) is 0 Å². The molecular formula is C21H19N3O3S2. The molecule has 8 heteroatoms. The largest absolute Gasteiger partial charge is 0.335 e. The minimum Gasteiger partial charge on any atom is -0.335 e. The number of carbonyl (C=O) groups excluding carboxylic acids is 3. The van der Waals surface area contributed by atoms with Crippen molar-refractivity contribution < 1.29 is 14.4 Å². The number of hydrogen-bond acceptors (Lipinski definition) is 6. The molecule has 1 aliphatic rings. The van der Waals surface area contributed by atoms with Crippen molar-refractivity contribution in [3.05, 3.63) is 63.8 Å². The van der Waals surface area contributed by atoms with E-state index in [1.807, 2.05) is 36.6 Å². The number of thiophene rings is 1. The number of piperazine rings is 1. The first-order valence-electron chi connectivity index (χ1n) is 9.22. The lowest BCUT2D eigenvalue weighted by Gasteiger charge is -2.39. The summed E-state index contributed by atoms with van der Waals surface area (Å²) in [6.07, 6.45) is 0. The molecule has 1 aliphatic heterocycles. The van der Waals surface area contributed by atoms with Crippen molar-refractivity contribution >= 4 is 40.3 Å². The van der Waals surface area contributed by atoms with E-state index in [2.05, 4.69) is 4.98 Å². The molecule has 1 saturated heterocycles. The van der Waals surface area contributed by atoms with Gasteiger partial charge in [-0.2, -0.15) is 0 Å². The Morgan fingerprint density at radius 2 is 1.86 bits per heavy atom. The number of aromatic nitrogens is 1. The fraction of sp³-hybridized carbons (Fsp3) is 0.238. The van der Waals surface area contributed by atoms with Gasteiger partial charge in [0, 0.05) is 36.6 Å². The first-order chi connectivity index (χ1) is 14.0. The van der Waals surface area contributed by atoms with E-state index in [1.165, 1.54) is 22.7 Å². The molecule has 3 heterocycles. The van der Waals surface area contributed by atoms with E-state index in [0.717, 1.165) is 10.6 Å². The molecule has 1 atom stereocenters. The number of amides is 2. The summed E-state index contributed by atoms with van der Waals surface area (Å²) in [5.74, 6) is -1.08. The van der Waals surface area contributed by atoms with Gasteiger partial charge >= 0.3 is 0 Å². The van der Waals surface area contributed by atoms with Crippen LogP contribution in [0.1, 0.15) is 27.0 Å². The molecule has 0 unspecified atom stereocenters. The molecule has 0 spiro atoms. The van der Waals surface area contributed by atoms with Gasteiger partial charge in [-0.05, 0) is 31.2 Å². The molecule has 0 radical (unpaired) electrons. The summed E-state index contributed by atoms with van der Waals surface area (Å²) >= 11 is 2.76. The Morgan fingerprint density at radius 1 is 1.07 bits per heavy atom. The Hall–Kier alpha value is -2.84. The number of Topliss-reactive ketones (excluding diaryl/α,β-unsaturated/α-hetero) is 1. The lowest BCUT2D eigenvalue weighted by atomic mass is 10.1. The molecule has 1 aromatic carbocycles. The number of benzene rings is 1. The predicted octanol–water partition coefficient (Wildman–Crippen LogP) is 3.43. The second-order valence-corrected chi connectivity index (χ2v) is 8.63. The van der Waals surface area contributed by atoms with E-state index in [-0.39, 0.29) is 11.9 Å². The van der Waals surface area contributed by atoms with Gasteiger partial charge in [0.15, 0.2) is 0 Å². The molecule has 29 heavy (non-hydrogen) atoms. The van der Waals surface area contributed by atoms with Crippen molar-refractivity contribution in [2.24, 2.45) is 0 Å². The van der Waals surface area contributed by atoms with E-state index in [4.69, 9.17) is 0 Å². The molecule has 2 amide bonds. The Kier molecular flexibility index (Phi) is 5.55. The van der Waals surface area contributed by atoms with Crippen LogP contribution in [0.15, 0.2) is 53.4 Å². The molecule has 3 aromatic rings. The van der Waals surface area contributed by atoms with Gasteiger partial charge in [0.05, 0.1) is 21.0 Å². The number of carbonyl (C=O) groups is 3. The van der Waals surface area contributed by atoms with E-state index in [0.29, 0.717) is 30.1 Å². The maximum Gasteiger partial charge on any atom is 0.296 e. The highest BCUT2D eigenvalue weighted by Crippen LogP contribution is 2.28. The summed E-state index contributed by atoms with van der Waals surface area (Å²) < 4.78 is 0. The molecule has 6 nitrogen and oxygen atoms in total. The Morgan fingerprint density at radius 3 is 2.55 bits per heavy atom. The SMILES string of the molecule is C[C@@H]1CN(C(=O)c2ccccc2)CCN1C(=O)C(=O)c1ccc(-c2cscn2)s1. The quantitative estimate of drug-likeness (QED) is 0.474. The van der Waals surface area contributed by atoms with Crippen molar-refractivity contribution in [1.29, 1.82) is 0 Å². The molecule has 0 N–H and O–H groups in total. The minimum atomic E-state index is -0.518. The predicted molar refractivity (Wildman–Crippen MR) is 113 cm³/mol. The van der Waals surface area contributed by atoms with Crippen molar-refractivity contribution in [2.75, 3.05) is 19.6 Å². The minimum absolute atomic E-state index is 0.0537. The van der Waals surface area contributed by atoms with Crippen molar-refractivity contribution in [1.82, 2.24) is 14.8 Å². The van der Waals surface area contributed by atoms with Crippen molar-refractivity contribution in [3.63, 3.8) is 0 Å². The van der Waals surface area contributed by atoms with Gasteiger partial charge < -0.3 is 9.80 Å². The summed E-state index contributed by atoms with van der Waals surface area (Å²) in [5.41, 5.74) is 3.18. The summed E-state index contributed by atoms with van der Waals surface area (Å²) in [7, 11) is 0. The average Bonchev–Trinajstić information content (AvgIpc) is 3.44. The highest BCUT2D eigenvalue weighted by molar-refractivity contribution is 7.18. The van der Waals surface area contributed by atoms with Crippen LogP contribution in [0.4, 0.5) is 0 Å². The fourth-order valence-electron chi connectivity index (χ4n) is 3.37. The number of hydrogen-bond donors (Lipinski definition) is 0. The first kappa shape index (κ1) is 19.5. The highest BCUT2D eigenvalue weighted by atomic mass is 32.1.